The number of ketones is 2. The Kier molecular flexibility index (Phi) is 8.28. The van der Waals surface area contributed by atoms with Gasteiger partial charge in [0, 0.05) is 12.6 Å². The number of nitrogens with one attached hydrogen (secondary N) is 1. The Morgan fingerprint density at radius 1 is 1.40 bits per heavy atom. The van der Waals surface area contributed by atoms with E-state index in [2.05, 4.69) is 46.5 Å². The topological polar surface area (TPSA) is 66.4 Å². The highest BCUT2D eigenvalue weighted by molar-refractivity contribution is 6.48. The number of allylic oxidation sites excluding steroid dienone is 5. The van der Waals surface area contributed by atoms with Gasteiger partial charge in [-0.2, -0.15) is 0 Å². The van der Waals surface area contributed by atoms with Crippen LogP contribution in [0.2, 0.25) is 0 Å². The minimum atomic E-state index is -0.604. The van der Waals surface area contributed by atoms with Gasteiger partial charge in [-0.15, -0.1) is 0 Å². The molecule has 0 aromatic rings. The number of rotatable bonds is 9. The molecule has 2 aliphatic rings. The molecule has 0 radical (unpaired) electrons. The van der Waals surface area contributed by atoms with Crippen LogP contribution in [0.3, 0.4) is 0 Å². The lowest BCUT2D eigenvalue weighted by atomic mass is 9.65. The van der Waals surface area contributed by atoms with Gasteiger partial charge in [0.15, 0.2) is 0 Å². The average molecular weight is 414 g/mol. The van der Waals surface area contributed by atoms with Crippen molar-refractivity contribution in [2.45, 2.75) is 79.6 Å². The zero-order valence-electron chi connectivity index (χ0n) is 19.4. The van der Waals surface area contributed by atoms with Gasteiger partial charge >= 0.3 is 0 Å². The molecule has 0 saturated heterocycles. The van der Waals surface area contributed by atoms with Crippen molar-refractivity contribution in [1.82, 2.24) is 5.32 Å². The quantitative estimate of drug-likeness (QED) is 0.278. The van der Waals surface area contributed by atoms with Gasteiger partial charge < -0.3 is 10.4 Å². The minimum absolute atomic E-state index is 0.0890. The monoisotopic (exact) mass is 413 g/mol. The van der Waals surface area contributed by atoms with Gasteiger partial charge in [0.1, 0.15) is 5.76 Å². The molecule has 0 spiro atoms. The van der Waals surface area contributed by atoms with Crippen molar-refractivity contribution < 1.29 is 14.7 Å². The highest BCUT2D eigenvalue weighted by Crippen LogP contribution is 2.46. The van der Waals surface area contributed by atoms with Crippen LogP contribution in [0.5, 0.6) is 0 Å². The van der Waals surface area contributed by atoms with E-state index in [4.69, 9.17) is 0 Å². The van der Waals surface area contributed by atoms with Crippen molar-refractivity contribution in [1.29, 1.82) is 0 Å². The Morgan fingerprint density at radius 3 is 2.77 bits per heavy atom. The summed E-state index contributed by atoms with van der Waals surface area (Å²) in [5.41, 5.74) is 3.25. The number of carbonyl (C=O) groups is 2. The predicted octanol–water partition coefficient (Wildman–Crippen LogP) is 5.97. The summed E-state index contributed by atoms with van der Waals surface area (Å²) in [6.45, 7) is 15.9. The molecule has 1 fully saturated rings. The van der Waals surface area contributed by atoms with E-state index in [0.29, 0.717) is 24.1 Å². The van der Waals surface area contributed by atoms with Gasteiger partial charge in [-0.3, -0.25) is 9.59 Å². The molecular formula is C26H39NO3. The lowest BCUT2D eigenvalue weighted by Crippen LogP contribution is -2.28. The molecule has 2 rings (SSSR count). The Labute approximate surface area is 182 Å². The second-order valence-electron chi connectivity index (χ2n) is 9.82. The Balaban J connectivity index is 2.03. The SMILES string of the molecule is C=C1C(C)CCCC1(C)CCC(C)=CCC1=C(O)C(NCCC(C)C)=CC(=O)C1=O. The van der Waals surface area contributed by atoms with Crippen LogP contribution >= 0.6 is 0 Å². The van der Waals surface area contributed by atoms with Gasteiger partial charge in [-0.1, -0.05) is 57.9 Å². The standard InChI is InChI=1S/C26H39NO3/c1-17(2)12-15-27-22-16-23(28)25(30)21(24(22)29)10-9-18(3)11-14-26(6)13-7-8-19(4)20(26)5/h9,16-17,19,27,29H,5,7-8,10-15H2,1-4,6H3. The average Bonchev–Trinajstić information content (AvgIpc) is 2.68. The number of Topliss-reactive ketones (excluding diaryl/α,β-unsaturated/α-hetero) is 1. The van der Waals surface area contributed by atoms with Gasteiger partial charge in [0.05, 0.1) is 11.3 Å². The maximum Gasteiger partial charge on any atom is 0.233 e. The molecular weight excluding hydrogens is 374 g/mol. The van der Waals surface area contributed by atoms with E-state index in [1.54, 1.807) is 0 Å². The lowest BCUT2D eigenvalue weighted by Gasteiger charge is -2.40. The van der Waals surface area contributed by atoms with E-state index in [1.807, 2.05) is 6.08 Å². The highest BCUT2D eigenvalue weighted by atomic mass is 16.3. The molecule has 1 saturated carbocycles. The molecule has 2 atom stereocenters. The fourth-order valence-electron chi connectivity index (χ4n) is 4.37. The van der Waals surface area contributed by atoms with E-state index in [1.165, 1.54) is 36.5 Å². The van der Waals surface area contributed by atoms with E-state index in [9.17, 15) is 14.7 Å². The van der Waals surface area contributed by atoms with E-state index < -0.39 is 11.6 Å². The molecule has 0 aromatic heterocycles. The zero-order chi connectivity index (χ0) is 22.5. The van der Waals surface area contributed by atoms with Crippen molar-refractivity contribution in [3.63, 3.8) is 0 Å². The summed E-state index contributed by atoms with van der Waals surface area (Å²) in [6, 6.07) is 0. The van der Waals surface area contributed by atoms with Crippen LogP contribution < -0.4 is 5.32 Å². The molecule has 2 aliphatic carbocycles. The van der Waals surface area contributed by atoms with Crippen molar-refractivity contribution >= 4 is 11.6 Å². The van der Waals surface area contributed by atoms with Gasteiger partial charge in [-0.25, -0.2) is 0 Å². The smallest absolute Gasteiger partial charge is 0.233 e. The summed E-state index contributed by atoms with van der Waals surface area (Å²) >= 11 is 0. The van der Waals surface area contributed by atoms with Crippen LogP contribution in [-0.4, -0.2) is 23.2 Å². The van der Waals surface area contributed by atoms with Crippen molar-refractivity contribution in [2.75, 3.05) is 6.54 Å². The van der Waals surface area contributed by atoms with Crippen LogP contribution in [0, 0.1) is 17.3 Å². The molecule has 4 heteroatoms. The first-order valence-corrected chi connectivity index (χ1v) is 11.4. The van der Waals surface area contributed by atoms with Crippen molar-refractivity contribution in [3.05, 3.63) is 46.9 Å². The fraction of sp³-hybridized carbons (Fsp3) is 0.615. The van der Waals surface area contributed by atoms with Crippen LogP contribution in [0.25, 0.3) is 0 Å². The Bertz CT molecular complexity index is 784. The zero-order valence-corrected chi connectivity index (χ0v) is 19.4. The first kappa shape index (κ1) is 24.2. The molecule has 0 aliphatic heterocycles. The lowest BCUT2D eigenvalue weighted by molar-refractivity contribution is -0.131. The fourth-order valence-corrected chi connectivity index (χ4v) is 4.37. The maximum atomic E-state index is 12.3. The van der Waals surface area contributed by atoms with Crippen LogP contribution in [0.1, 0.15) is 79.6 Å². The molecule has 4 nitrogen and oxygen atoms in total. The third kappa shape index (κ3) is 5.96. The summed E-state index contributed by atoms with van der Waals surface area (Å²) < 4.78 is 0. The molecule has 0 aromatic carbocycles. The number of aliphatic hydroxyl groups is 1. The summed E-state index contributed by atoms with van der Waals surface area (Å²) in [4.78, 5) is 24.4. The first-order valence-electron chi connectivity index (χ1n) is 11.4. The van der Waals surface area contributed by atoms with E-state index in [0.717, 1.165) is 19.3 Å². The van der Waals surface area contributed by atoms with E-state index in [-0.39, 0.29) is 23.2 Å². The number of hydrogen-bond acceptors (Lipinski definition) is 4. The summed E-state index contributed by atoms with van der Waals surface area (Å²) in [5.74, 6) is -0.170. The van der Waals surface area contributed by atoms with Crippen molar-refractivity contribution in [2.24, 2.45) is 17.3 Å². The van der Waals surface area contributed by atoms with Crippen molar-refractivity contribution in [3.8, 4) is 0 Å². The van der Waals surface area contributed by atoms with Gasteiger partial charge in [0.2, 0.25) is 11.6 Å². The van der Waals surface area contributed by atoms with Gasteiger partial charge in [-0.05, 0) is 62.7 Å². The normalized spacial score (nSPS) is 25.8. The maximum absolute atomic E-state index is 12.3. The molecule has 166 valence electrons. The molecule has 2 N–H and O–H groups in total. The largest absolute Gasteiger partial charge is 0.505 e. The number of carbonyl (C=O) groups excluding carboxylic acids is 2. The second kappa shape index (κ2) is 10.3. The Morgan fingerprint density at radius 2 is 2.10 bits per heavy atom. The Hall–Kier alpha value is -2.10. The number of aliphatic hydroxyl groups excluding tert-OH is 1. The number of hydrogen-bond donors (Lipinski definition) is 2. The molecule has 0 amide bonds. The van der Waals surface area contributed by atoms with E-state index >= 15 is 0 Å². The van der Waals surface area contributed by atoms with Crippen LogP contribution in [-0.2, 0) is 9.59 Å². The molecule has 2 unspecified atom stereocenters. The molecule has 0 bridgehead atoms. The molecule has 30 heavy (non-hydrogen) atoms. The predicted molar refractivity (Wildman–Crippen MR) is 123 cm³/mol. The third-order valence-corrected chi connectivity index (χ3v) is 6.81. The minimum Gasteiger partial charge on any atom is -0.505 e. The van der Waals surface area contributed by atoms with Crippen LogP contribution in [0.15, 0.2) is 46.9 Å². The van der Waals surface area contributed by atoms with Gasteiger partial charge in [0.25, 0.3) is 0 Å². The highest BCUT2D eigenvalue weighted by Gasteiger charge is 2.33. The molecule has 0 heterocycles. The summed E-state index contributed by atoms with van der Waals surface area (Å²) in [7, 11) is 0. The summed E-state index contributed by atoms with van der Waals surface area (Å²) in [6.07, 6.45) is 10.0. The third-order valence-electron chi connectivity index (χ3n) is 6.81. The first-order chi connectivity index (χ1) is 14.0. The van der Waals surface area contributed by atoms with Crippen LogP contribution in [0.4, 0.5) is 0 Å². The second-order valence-corrected chi connectivity index (χ2v) is 9.82. The summed E-state index contributed by atoms with van der Waals surface area (Å²) in [5, 5.41) is 13.7.